The van der Waals surface area contributed by atoms with Crippen LogP contribution in [0.1, 0.15) is 26.3 Å². The van der Waals surface area contributed by atoms with Crippen molar-refractivity contribution in [1.29, 1.82) is 0 Å². The van der Waals surface area contributed by atoms with Crippen molar-refractivity contribution in [2.24, 2.45) is 0 Å². The Bertz CT molecular complexity index is 1540. The molecule has 0 aliphatic rings. The van der Waals surface area contributed by atoms with Crippen LogP contribution < -0.4 is 8.01 Å². The van der Waals surface area contributed by atoms with Crippen molar-refractivity contribution in [2.45, 2.75) is 23.9 Å². The number of nitrogens with zero attached hydrogens (tertiary/aromatic N) is 3. The molecule has 42 heavy (non-hydrogen) atoms. The molecule has 2 amide bonds. The molecule has 0 aliphatic heterocycles. The Labute approximate surface area is 262 Å². The third-order valence-corrected chi connectivity index (χ3v) is 7.90. The summed E-state index contributed by atoms with van der Waals surface area (Å²) in [6.45, 7) is 0. The summed E-state index contributed by atoms with van der Waals surface area (Å²) in [5, 5.41) is -0.186. The van der Waals surface area contributed by atoms with Crippen molar-refractivity contribution in [1.82, 2.24) is 4.98 Å². The molecule has 1 atom stereocenters. The van der Waals surface area contributed by atoms with Gasteiger partial charge in [0, 0.05) is 22.4 Å². The maximum Gasteiger partial charge on any atom is 0.457 e. The van der Waals surface area contributed by atoms with Crippen LogP contribution in [0, 0.1) is 9.39 Å². The van der Waals surface area contributed by atoms with Crippen molar-refractivity contribution < 1.29 is 53.5 Å². The SMILES string of the molecule is CN(C(=O)c1cccnc1Cl)c1cccc(C(=O)N(I)c2ccc(C(F)(C(F)(F)F)C(F)(F)C(F)(F)F)cc2I)c1F. The molecule has 5 nitrogen and oxygen atoms in total. The highest BCUT2D eigenvalue weighted by atomic mass is 127. The molecule has 1 aromatic heterocycles. The van der Waals surface area contributed by atoms with Crippen molar-refractivity contribution in [3.8, 4) is 0 Å². The molecule has 2 aromatic carbocycles. The van der Waals surface area contributed by atoms with E-state index in [9.17, 15) is 49.1 Å². The number of hydrogen-bond donors (Lipinski definition) is 0. The van der Waals surface area contributed by atoms with Gasteiger partial charge in [0.25, 0.3) is 11.8 Å². The first-order chi connectivity index (χ1) is 19.2. The van der Waals surface area contributed by atoms with Gasteiger partial charge in [0.15, 0.2) is 5.82 Å². The molecule has 3 aromatic rings. The van der Waals surface area contributed by atoms with Crippen molar-refractivity contribution in [3.05, 3.63) is 86.0 Å². The van der Waals surface area contributed by atoms with E-state index in [4.69, 9.17) is 11.6 Å². The largest absolute Gasteiger partial charge is 0.457 e. The summed E-state index contributed by atoms with van der Waals surface area (Å²) < 4.78 is 137. The second-order valence-corrected chi connectivity index (χ2v) is 10.8. The highest BCUT2D eigenvalue weighted by Gasteiger charge is 2.81. The van der Waals surface area contributed by atoms with Gasteiger partial charge in [-0.25, -0.2) is 16.9 Å². The van der Waals surface area contributed by atoms with Gasteiger partial charge in [0.1, 0.15) is 5.15 Å². The summed E-state index contributed by atoms with van der Waals surface area (Å²) in [7, 11) is 1.17. The first kappa shape index (κ1) is 34.1. The van der Waals surface area contributed by atoms with Gasteiger partial charge in [-0.1, -0.05) is 23.7 Å². The van der Waals surface area contributed by atoms with Crippen LogP contribution in [0.4, 0.5) is 55.3 Å². The smallest absolute Gasteiger partial charge is 0.309 e. The fourth-order valence-electron chi connectivity index (χ4n) is 3.59. The first-order valence-electron chi connectivity index (χ1n) is 10.9. The third-order valence-electron chi connectivity index (χ3n) is 5.78. The monoisotopic (exact) mass is 853 g/mol. The molecule has 0 fully saturated rings. The Morgan fingerprint density at radius 3 is 1.95 bits per heavy atom. The third kappa shape index (κ3) is 5.87. The number of hydrogen-bond acceptors (Lipinski definition) is 3. The molecule has 1 unspecified atom stereocenters. The molecule has 18 heteroatoms. The first-order valence-corrected chi connectivity index (χ1v) is 13.3. The minimum atomic E-state index is -6.91. The average Bonchev–Trinajstić information content (AvgIpc) is 2.90. The standard InChI is InChI=1S/C24H12ClF10I2N3O2/c1-39(19(41)13-5-3-9-38-18(13)25)16-6-2-4-12(17(16)26)20(42)40(37)15-8-7-11(10-14(15)36)21(27,23(30,31)32)22(28,29)24(33,34)35/h2-10H,1H3. The lowest BCUT2D eigenvalue weighted by Gasteiger charge is -2.36. The number of anilines is 2. The van der Waals surface area contributed by atoms with E-state index in [0.717, 1.165) is 17.0 Å². The Morgan fingerprint density at radius 2 is 1.43 bits per heavy atom. The van der Waals surface area contributed by atoms with Crippen LogP contribution >= 0.6 is 57.1 Å². The second-order valence-electron chi connectivity index (χ2n) is 8.33. The molecule has 0 aliphatic carbocycles. The van der Waals surface area contributed by atoms with Crippen molar-refractivity contribution >= 4 is 80.2 Å². The number of carbonyl (C=O) groups excluding carboxylic acids is 2. The molecule has 0 saturated carbocycles. The highest BCUT2D eigenvalue weighted by molar-refractivity contribution is 14.1. The van der Waals surface area contributed by atoms with E-state index in [2.05, 4.69) is 4.98 Å². The molecule has 0 bridgehead atoms. The average molecular weight is 854 g/mol. The summed E-state index contributed by atoms with van der Waals surface area (Å²) in [5.41, 5.74) is -9.82. The quantitative estimate of drug-likeness (QED) is 0.108. The van der Waals surface area contributed by atoms with Crippen LogP contribution in [-0.4, -0.2) is 42.1 Å². The number of halogens is 13. The maximum atomic E-state index is 15.5. The summed E-state index contributed by atoms with van der Waals surface area (Å²) in [4.78, 5) is 30.5. The number of pyridine rings is 1. The number of aromatic nitrogens is 1. The zero-order valence-corrected chi connectivity index (χ0v) is 25.3. The number of alkyl halides is 9. The lowest BCUT2D eigenvalue weighted by atomic mass is 9.87. The molecule has 0 N–H and O–H groups in total. The van der Waals surface area contributed by atoms with Crippen LogP contribution in [0.3, 0.4) is 0 Å². The minimum absolute atomic E-state index is 0.0143. The Kier molecular flexibility index (Phi) is 9.68. The van der Waals surface area contributed by atoms with Gasteiger partial charge in [-0.15, -0.1) is 0 Å². The molecule has 0 spiro atoms. The van der Waals surface area contributed by atoms with Crippen LogP contribution in [0.2, 0.25) is 5.15 Å². The molecule has 1 heterocycles. The van der Waals surface area contributed by atoms with E-state index in [0.29, 0.717) is 9.18 Å². The summed E-state index contributed by atoms with van der Waals surface area (Å²) in [5.74, 6) is -10.1. The Balaban J connectivity index is 2.01. The van der Waals surface area contributed by atoms with Crippen LogP contribution in [-0.2, 0) is 5.67 Å². The summed E-state index contributed by atoms with van der Waals surface area (Å²) in [6.07, 6.45) is -12.3. The van der Waals surface area contributed by atoms with Gasteiger partial charge in [0.05, 0.1) is 45.4 Å². The Hall–Kier alpha value is -2.42. The molecule has 226 valence electrons. The molecule has 3 rings (SSSR count). The molecular weight excluding hydrogens is 842 g/mol. The molecule has 0 radical (unpaired) electrons. The second kappa shape index (κ2) is 11.9. The topological polar surface area (TPSA) is 53.5 Å². The predicted octanol–water partition coefficient (Wildman–Crippen LogP) is 8.68. The van der Waals surface area contributed by atoms with E-state index in [1.807, 2.05) is 0 Å². The van der Waals surface area contributed by atoms with Crippen molar-refractivity contribution in [3.63, 3.8) is 0 Å². The van der Waals surface area contributed by atoms with Crippen LogP contribution in [0.15, 0.2) is 54.7 Å². The number of carbonyl (C=O) groups is 2. The van der Waals surface area contributed by atoms with Crippen LogP contribution in [0.5, 0.6) is 0 Å². The van der Waals surface area contributed by atoms with Crippen LogP contribution in [0.25, 0.3) is 0 Å². The van der Waals surface area contributed by atoms with Gasteiger partial charge < -0.3 is 4.90 Å². The van der Waals surface area contributed by atoms with Gasteiger partial charge in [-0.3, -0.25) is 9.59 Å². The minimum Gasteiger partial charge on any atom is -0.309 e. The number of rotatable bonds is 6. The number of benzene rings is 2. The van der Waals surface area contributed by atoms with Gasteiger partial charge in [-0.05, 0) is 59.0 Å². The van der Waals surface area contributed by atoms with Crippen molar-refractivity contribution in [2.75, 3.05) is 15.1 Å². The van der Waals surface area contributed by atoms with E-state index in [1.54, 1.807) is 0 Å². The zero-order valence-electron chi connectivity index (χ0n) is 20.3. The van der Waals surface area contributed by atoms with E-state index >= 15 is 4.39 Å². The van der Waals surface area contributed by atoms with E-state index in [1.165, 1.54) is 76.9 Å². The number of amides is 2. The van der Waals surface area contributed by atoms with E-state index < -0.39 is 67.6 Å². The lowest BCUT2D eigenvalue weighted by Crippen LogP contribution is -2.59. The fraction of sp³-hybridized carbons (Fsp3) is 0.208. The van der Waals surface area contributed by atoms with Gasteiger partial charge in [0.2, 0.25) is 0 Å². The summed E-state index contributed by atoms with van der Waals surface area (Å²) in [6, 6.07) is 6.62. The fourth-order valence-corrected chi connectivity index (χ4v) is 5.69. The van der Waals surface area contributed by atoms with Gasteiger partial charge in [-0.2, -0.15) is 35.1 Å². The Morgan fingerprint density at radius 1 is 0.833 bits per heavy atom. The summed E-state index contributed by atoms with van der Waals surface area (Å²) >= 11 is 8.38. The molecule has 0 saturated heterocycles. The lowest BCUT2D eigenvalue weighted by molar-refractivity contribution is -0.389. The normalized spacial score (nSPS) is 13.9. The maximum absolute atomic E-state index is 15.5. The highest BCUT2D eigenvalue weighted by Crippen LogP contribution is 2.58. The zero-order chi connectivity index (χ0) is 32.0. The van der Waals surface area contributed by atoms with E-state index in [-0.39, 0.29) is 22.8 Å². The predicted molar refractivity (Wildman–Crippen MR) is 148 cm³/mol. The van der Waals surface area contributed by atoms with Gasteiger partial charge >= 0.3 is 23.9 Å². The molecular formula is C24H12ClF10I2N3O2.